The highest BCUT2D eigenvalue weighted by Crippen LogP contribution is 2.34. The highest BCUT2D eigenvalue weighted by Gasteiger charge is 2.30. The molecule has 2 fully saturated rings. The summed E-state index contributed by atoms with van der Waals surface area (Å²) in [6.45, 7) is 4.01. The van der Waals surface area contributed by atoms with Gasteiger partial charge in [-0.2, -0.15) is 5.10 Å². The first-order valence-electron chi connectivity index (χ1n) is 14.4. The topological polar surface area (TPSA) is 135 Å². The maximum atomic E-state index is 12.9. The van der Waals surface area contributed by atoms with E-state index in [1.165, 1.54) is 19.2 Å². The number of nitrogens with zero attached hydrogens (tertiary/aromatic N) is 7. The number of hydrogen-bond acceptors (Lipinski definition) is 8. The Morgan fingerprint density at radius 2 is 1.93 bits per heavy atom. The molecule has 11 heteroatoms. The fraction of sp³-hybridized carbons (Fsp3) is 0.355. The van der Waals surface area contributed by atoms with Crippen molar-refractivity contribution in [3.05, 3.63) is 72.2 Å². The van der Waals surface area contributed by atoms with E-state index in [2.05, 4.69) is 39.1 Å². The Morgan fingerprint density at radius 3 is 2.69 bits per heavy atom. The van der Waals surface area contributed by atoms with Gasteiger partial charge in [-0.05, 0) is 62.6 Å². The lowest BCUT2D eigenvalue weighted by atomic mass is 10.1. The number of amides is 2. The molecular formula is C31H35N9O2. The smallest absolute Gasteiger partial charge is 0.256 e. The highest BCUT2D eigenvalue weighted by molar-refractivity contribution is 6.04. The van der Waals surface area contributed by atoms with Crippen LogP contribution < -0.4 is 11.1 Å². The molecule has 1 unspecified atom stereocenters. The van der Waals surface area contributed by atoms with Gasteiger partial charge in [-0.3, -0.25) is 14.5 Å². The number of aromatic nitrogens is 5. The number of pyridine rings is 1. The molecule has 4 heterocycles. The second-order valence-corrected chi connectivity index (χ2v) is 11.0. The summed E-state index contributed by atoms with van der Waals surface area (Å²) in [7, 11) is 2.10. The van der Waals surface area contributed by atoms with Gasteiger partial charge >= 0.3 is 0 Å². The summed E-state index contributed by atoms with van der Waals surface area (Å²) >= 11 is 0. The van der Waals surface area contributed by atoms with E-state index in [0.717, 1.165) is 30.5 Å². The average molecular weight is 566 g/mol. The van der Waals surface area contributed by atoms with E-state index in [-0.39, 0.29) is 17.9 Å². The number of benzene rings is 1. The Kier molecular flexibility index (Phi) is 7.66. The summed E-state index contributed by atoms with van der Waals surface area (Å²) in [5.74, 6) is 0.615. The van der Waals surface area contributed by atoms with E-state index in [9.17, 15) is 9.59 Å². The SMILES string of the molecule is CCc1ccnc(NC(=O)c2ccc(-c3nn(C4CCN(C(=O)C=CCN(C)C5CC5)C4)c4ncnc(N)c34)cc2)c1. The number of likely N-dealkylation sites (N-methyl/N-ethyl adjacent to an activating group) is 1. The van der Waals surface area contributed by atoms with Crippen LogP contribution in [0.15, 0.2) is 61.1 Å². The van der Waals surface area contributed by atoms with E-state index < -0.39 is 0 Å². The quantitative estimate of drug-likeness (QED) is 0.293. The monoisotopic (exact) mass is 565 g/mol. The van der Waals surface area contributed by atoms with Gasteiger partial charge in [0.25, 0.3) is 5.91 Å². The molecule has 1 saturated heterocycles. The summed E-state index contributed by atoms with van der Waals surface area (Å²) < 4.78 is 1.87. The second-order valence-electron chi connectivity index (χ2n) is 11.0. The van der Waals surface area contributed by atoms with Crippen molar-refractivity contribution in [3.63, 3.8) is 0 Å². The lowest BCUT2D eigenvalue weighted by Crippen LogP contribution is -2.28. The van der Waals surface area contributed by atoms with Crippen LogP contribution in [0.25, 0.3) is 22.3 Å². The zero-order valence-electron chi connectivity index (χ0n) is 23.9. The van der Waals surface area contributed by atoms with Crippen LogP contribution in [0.3, 0.4) is 0 Å². The first kappa shape index (κ1) is 27.5. The van der Waals surface area contributed by atoms with Crippen molar-refractivity contribution < 1.29 is 9.59 Å². The molecule has 216 valence electrons. The number of carbonyl (C=O) groups excluding carboxylic acids is 2. The molecule has 1 aliphatic heterocycles. The van der Waals surface area contributed by atoms with Crippen LogP contribution >= 0.6 is 0 Å². The molecule has 2 aliphatic rings. The zero-order chi connectivity index (χ0) is 29.2. The Morgan fingerprint density at radius 1 is 1.12 bits per heavy atom. The van der Waals surface area contributed by atoms with Crippen LogP contribution in [0.2, 0.25) is 0 Å². The van der Waals surface area contributed by atoms with Gasteiger partial charge in [0.2, 0.25) is 5.91 Å². The fourth-order valence-corrected chi connectivity index (χ4v) is 5.41. The van der Waals surface area contributed by atoms with E-state index in [4.69, 9.17) is 10.8 Å². The molecule has 1 aliphatic carbocycles. The lowest BCUT2D eigenvalue weighted by molar-refractivity contribution is -0.125. The average Bonchev–Trinajstić information content (AvgIpc) is 3.61. The number of likely N-dealkylation sites (tertiary alicyclic amines) is 1. The minimum Gasteiger partial charge on any atom is -0.383 e. The van der Waals surface area contributed by atoms with Crippen LogP contribution in [0, 0.1) is 0 Å². The Bertz CT molecular complexity index is 1640. The zero-order valence-corrected chi connectivity index (χ0v) is 23.9. The van der Waals surface area contributed by atoms with Gasteiger partial charge in [-0.1, -0.05) is 25.1 Å². The number of nitrogen functional groups attached to an aromatic ring is 1. The fourth-order valence-electron chi connectivity index (χ4n) is 5.41. The molecule has 1 aromatic carbocycles. The molecular weight excluding hydrogens is 530 g/mol. The summed E-state index contributed by atoms with van der Waals surface area (Å²) in [5, 5.41) is 8.45. The Labute approximate surface area is 244 Å². The minimum absolute atomic E-state index is 0.0120. The lowest BCUT2D eigenvalue weighted by Gasteiger charge is -2.16. The predicted octanol–water partition coefficient (Wildman–Crippen LogP) is 3.71. The number of nitrogens with one attached hydrogen (secondary N) is 1. The highest BCUT2D eigenvalue weighted by atomic mass is 16.2. The number of fused-ring (bicyclic) bond motifs is 1. The number of nitrogens with two attached hydrogens (primary N) is 1. The molecule has 0 radical (unpaired) electrons. The van der Waals surface area contributed by atoms with Crippen molar-refractivity contribution in [2.24, 2.45) is 0 Å². The van der Waals surface area contributed by atoms with E-state index in [1.54, 1.807) is 24.4 Å². The van der Waals surface area contributed by atoms with Gasteiger partial charge < -0.3 is 16.0 Å². The third-order valence-corrected chi connectivity index (χ3v) is 8.06. The number of rotatable bonds is 9. The van der Waals surface area contributed by atoms with Crippen molar-refractivity contribution in [2.75, 3.05) is 37.7 Å². The van der Waals surface area contributed by atoms with Gasteiger partial charge in [0.1, 0.15) is 23.7 Å². The number of carbonyl (C=O) groups is 2. The molecule has 2 amide bonds. The molecule has 3 N–H and O–H groups in total. The van der Waals surface area contributed by atoms with Gasteiger partial charge in [0, 0.05) is 49.1 Å². The first-order valence-corrected chi connectivity index (χ1v) is 14.4. The van der Waals surface area contributed by atoms with Crippen molar-refractivity contribution in [2.45, 2.75) is 44.7 Å². The third kappa shape index (κ3) is 5.73. The molecule has 3 aromatic heterocycles. The van der Waals surface area contributed by atoms with E-state index in [0.29, 0.717) is 53.1 Å². The maximum Gasteiger partial charge on any atom is 0.256 e. The van der Waals surface area contributed by atoms with Crippen LogP contribution in [0.1, 0.15) is 48.1 Å². The van der Waals surface area contributed by atoms with Crippen molar-refractivity contribution in [3.8, 4) is 11.3 Å². The second kappa shape index (κ2) is 11.7. The summed E-state index contributed by atoms with van der Waals surface area (Å²) in [4.78, 5) is 42.9. The van der Waals surface area contributed by atoms with E-state index >= 15 is 0 Å². The number of hydrogen-bond donors (Lipinski definition) is 2. The van der Waals surface area contributed by atoms with Crippen LogP contribution in [-0.2, 0) is 11.2 Å². The number of aryl methyl sites for hydroxylation is 1. The molecule has 42 heavy (non-hydrogen) atoms. The molecule has 11 nitrogen and oxygen atoms in total. The summed E-state index contributed by atoms with van der Waals surface area (Å²) in [6.07, 6.45) is 10.9. The standard InChI is InChI=1S/C31H35N9O2/c1-3-20-12-14-33-25(17-20)36-31(42)22-8-6-21(7-9-22)28-27-29(32)34-19-35-30(27)40(37-28)24-13-16-39(18-24)26(41)5-4-15-38(2)23-10-11-23/h4-9,12,14,17,19,23-24H,3,10-11,13,15-16,18H2,1-2H3,(H2,32,34,35)(H,33,36,42). The van der Waals surface area contributed by atoms with Gasteiger partial charge in [-0.15, -0.1) is 0 Å². The number of anilines is 2. The first-order chi connectivity index (χ1) is 20.4. The largest absolute Gasteiger partial charge is 0.383 e. The van der Waals surface area contributed by atoms with Crippen LogP contribution in [0.4, 0.5) is 11.6 Å². The van der Waals surface area contributed by atoms with Crippen LogP contribution in [0.5, 0.6) is 0 Å². The molecule has 1 saturated carbocycles. The maximum absolute atomic E-state index is 12.9. The Hall–Kier alpha value is -4.64. The molecule has 0 bridgehead atoms. The normalized spacial score (nSPS) is 17.0. The van der Waals surface area contributed by atoms with E-state index in [1.807, 2.05) is 39.9 Å². The molecule has 1 atom stereocenters. The molecule has 6 rings (SSSR count). The summed E-state index contributed by atoms with van der Waals surface area (Å²) in [6, 6.07) is 11.6. The van der Waals surface area contributed by atoms with Gasteiger partial charge in [0.15, 0.2) is 5.65 Å². The van der Waals surface area contributed by atoms with Gasteiger partial charge in [-0.25, -0.2) is 19.6 Å². The molecule has 4 aromatic rings. The van der Waals surface area contributed by atoms with Gasteiger partial charge in [0.05, 0.1) is 11.4 Å². The Balaban J connectivity index is 1.19. The van der Waals surface area contributed by atoms with Crippen molar-refractivity contribution >= 4 is 34.5 Å². The van der Waals surface area contributed by atoms with Crippen molar-refractivity contribution in [1.29, 1.82) is 0 Å². The summed E-state index contributed by atoms with van der Waals surface area (Å²) in [5.41, 5.74) is 9.97. The predicted molar refractivity (Wildman–Crippen MR) is 162 cm³/mol. The van der Waals surface area contributed by atoms with Crippen LogP contribution in [-0.4, -0.2) is 79.1 Å². The van der Waals surface area contributed by atoms with Crippen molar-refractivity contribution in [1.82, 2.24) is 34.5 Å². The third-order valence-electron chi connectivity index (χ3n) is 8.06. The minimum atomic E-state index is -0.246. The molecule has 0 spiro atoms.